The second-order valence-corrected chi connectivity index (χ2v) is 5.45. The summed E-state index contributed by atoms with van der Waals surface area (Å²) in [6.07, 6.45) is 0.923. The van der Waals surface area contributed by atoms with Crippen LogP contribution in [0.1, 0.15) is 38.2 Å². The number of hydrogen-bond acceptors (Lipinski definition) is 5. The van der Waals surface area contributed by atoms with Crippen molar-refractivity contribution in [2.24, 2.45) is 0 Å². The standard InChI is InChI=1S/C13H23N5O3/c1-5-18-10(9(14)8-17-18)11(19)15-6-7-16-12(20)21-13(2,3)4/h8H,5-7,14H2,1-4H3,(H,15,19)(H,16,20). The van der Waals surface area contributed by atoms with E-state index in [0.717, 1.165) is 0 Å². The summed E-state index contributed by atoms with van der Waals surface area (Å²) < 4.78 is 6.60. The molecule has 0 aliphatic heterocycles. The van der Waals surface area contributed by atoms with Crippen LogP contribution >= 0.6 is 0 Å². The van der Waals surface area contributed by atoms with E-state index in [2.05, 4.69) is 15.7 Å². The molecule has 0 saturated heterocycles. The number of nitrogens with zero attached hydrogens (tertiary/aromatic N) is 2. The monoisotopic (exact) mass is 297 g/mol. The normalized spacial score (nSPS) is 11.0. The van der Waals surface area contributed by atoms with Crippen molar-refractivity contribution < 1.29 is 14.3 Å². The number of nitrogen functional groups attached to an aromatic ring is 1. The topological polar surface area (TPSA) is 111 Å². The number of nitrogens with one attached hydrogen (secondary N) is 2. The van der Waals surface area contributed by atoms with Crippen LogP contribution in [0.4, 0.5) is 10.5 Å². The molecule has 0 spiro atoms. The number of aryl methyl sites for hydroxylation is 1. The lowest BCUT2D eigenvalue weighted by molar-refractivity contribution is 0.0526. The Morgan fingerprint density at radius 3 is 2.52 bits per heavy atom. The molecule has 21 heavy (non-hydrogen) atoms. The molecule has 0 bridgehead atoms. The van der Waals surface area contributed by atoms with Crippen molar-refractivity contribution in [3.05, 3.63) is 11.9 Å². The first-order valence-electron chi connectivity index (χ1n) is 6.81. The van der Waals surface area contributed by atoms with E-state index in [9.17, 15) is 9.59 Å². The average Bonchev–Trinajstić information content (AvgIpc) is 2.73. The molecule has 0 radical (unpaired) electrons. The van der Waals surface area contributed by atoms with E-state index < -0.39 is 11.7 Å². The third-order valence-corrected chi connectivity index (χ3v) is 2.46. The molecule has 0 unspecified atom stereocenters. The Labute approximate surface area is 124 Å². The van der Waals surface area contributed by atoms with Gasteiger partial charge in [0.25, 0.3) is 5.91 Å². The van der Waals surface area contributed by atoms with E-state index >= 15 is 0 Å². The lowest BCUT2D eigenvalue weighted by Gasteiger charge is -2.19. The van der Waals surface area contributed by atoms with Gasteiger partial charge < -0.3 is 21.1 Å². The van der Waals surface area contributed by atoms with Gasteiger partial charge in [-0.3, -0.25) is 9.48 Å². The van der Waals surface area contributed by atoms with Gasteiger partial charge in [-0.1, -0.05) is 0 Å². The SMILES string of the molecule is CCn1ncc(N)c1C(=O)NCCNC(=O)OC(C)(C)C. The van der Waals surface area contributed by atoms with Crippen molar-refractivity contribution in [3.63, 3.8) is 0 Å². The number of ether oxygens (including phenoxy) is 1. The van der Waals surface area contributed by atoms with Crippen molar-refractivity contribution in [1.82, 2.24) is 20.4 Å². The van der Waals surface area contributed by atoms with E-state index in [0.29, 0.717) is 17.9 Å². The Bertz CT molecular complexity index is 504. The van der Waals surface area contributed by atoms with E-state index in [1.54, 1.807) is 20.8 Å². The van der Waals surface area contributed by atoms with Crippen molar-refractivity contribution >= 4 is 17.7 Å². The lowest BCUT2D eigenvalue weighted by Crippen LogP contribution is -2.38. The van der Waals surface area contributed by atoms with E-state index in [1.807, 2.05) is 6.92 Å². The number of carbonyl (C=O) groups is 2. The maximum Gasteiger partial charge on any atom is 0.407 e. The number of amides is 2. The minimum absolute atomic E-state index is 0.265. The molecule has 0 saturated carbocycles. The Balaban J connectivity index is 2.38. The molecule has 4 N–H and O–H groups in total. The molecule has 0 aromatic carbocycles. The van der Waals surface area contributed by atoms with Gasteiger partial charge in [0.1, 0.15) is 11.3 Å². The maximum absolute atomic E-state index is 12.0. The summed E-state index contributed by atoms with van der Waals surface area (Å²) >= 11 is 0. The molecule has 2 amide bonds. The van der Waals surface area contributed by atoms with Crippen LogP contribution in [0.2, 0.25) is 0 Å². The molecular weight excluding hydrogens is 274 g/mol. The van der Waals surface area contributed by atoms with Gasteiger partial charge in [-0.15, -0.1) is 0 Å². The minimum Gasteiger partial charge on any atom is -0.444 e. The van der Waals surface area contributed by atoms with Crippen molar-refractivity contribution in [2.45, 2.75) is 39.8 Å². The fraction of sp³-hybridized carbons (Fsp3) is 0.615. The highest BCUT2D eigenvalue weighted by atomic mass is 16.6. The first-order valence-corrected chi connectivity index (χ1v) is 6.81. The van der Waals surface area contributed by atoms with Gasteiger partial charge in [0, 0.05) is 19.6 Å². The second kappa shape index (κ2) is 6.96. The van der Waals surface area contributed by atoms with E-state index in [-0.39, 0.29) is 19.0 Å². The predicted octanol–water partition coefficient (Wildman–Crippen LogP) is 0.740. The fourth-order valence-electron chi connectivity index (χ4n) is 1.63. The zero-order valence-corrected chi connectivity index (χ0v) is 12.9. The average molecular weight is 297 g/mol. The van der Waals surface area contributed by atoms with Crippen LogP contribution in [-0.2, 0) is 11.3 Å². The van der Waals surface area contributed by atoms with Gasteiger partial charge in [0.15, 0.2) is 0 Å². The predicted molar refractivity (Wildman–Crippen MR) is 78.9 cm³/mol. The fourth-order valence-corrected chi connectivity index (χ4v) is 1.63. The number of alkyl carbamates (subject to hydrolysis) is 1. The Hall–Kier alpha value is -2.25. The van der Waals surface area contributed by atoms with Crippen LogP contribution in [0.5, 0.6) is 0 Å². The smallest absolute Gasteiger partial charge is 0.407 e. The zero-order valence-electron chi connectivity index (χ0n) is 12.9. The molecule has 1 aromatic heterocycles. The third-order valence-electron chi connectivity index (χ3n) is 2.46. The lowest BCUT2D eigenvalue weighted by atomic mass is 10.2. The summed E-state index contributed by atoms with van der Waals surface area (Å²) in [5, 5.41) is 9.22. The molecule has 1 aromatic rings. The molecule has 8 heteroatoms. The van der Waals surface area contributed by atoms with Gasteiger partial charge in [-0.25, -0.2) is 4.79 Å². The molecule has 8 nitrogen and oxygen atoms in total. The summed E-state index contributed by atoms with van der Waals surface area (Å²) in [5.74, 6) is -0.321. The zero-order chi connectivity index (χ0) is 16.0. The molecule has 0 fully saturated rings. The van der Waals surface area contributed by atoms with Gasteiger partial charge in [0.2, 0.25) is 0 Å². The largest absolute Gasteiger partial charge is 0.444 e. The van der Waals surface area contributed by atoms with Gasteiger partial charge in [-0.2, -0.15) is 5.10 Å². The van der Waals surface area contributed by atoms with Crippen LogP contribution in [-0.4, -0.2) is 40.5 Å². The van der Waals surface area contributed by atoms with Gasteiger partial charge >= 0.3 is 6.09 Å². The Kier molecular flexibility index (Phi) is 5.57. The second-order valence-electron chi connectivity index (χ2n) is 5.45. The van der Waals surface area contributed by atoms with Crippen LogP contribution < -0.4 is 16.4 Å². The van der Waals surface area contributed by atoms with E-state index in [1.165, 1.54) is 10.9 Å². The number of carbonyl (C=O) groups excluding carboxylic acids is 2. The van der Waals surface area contributed by atoms with E-state index in [4.69, 9.17) is 10.5 Å². The summed E-state index contributed by atoms with van der Waals surface area (Å²) in [5.41, 5.74) is 5.82. The Morgan fingerprint density at radius 2 is 1.95 bits per heavy atom. The van der Waals surface area contributed by atoms with Crippen LogP contribution in [0.3, 0.4) is 0 Å². The minimum atomic E-state index is -0.546. The van der Waals surface area contributed by atoms with Crippen LogP contribution in [0.25, 0.3) is 0 Å². The molecule has 0 atom stereocenters. The Morgan fingerprint density at radius 1 is 1.33 bits per heavy atom. The summed E-state index contributed by atoms with van der Waals surface area (Å²) in [7, 11) is 0. The van der Waals surface area contributed by atoms with Gasteiger partial charge in [-0.05, 0) is 27.7 Å². The number of anilines is 1. The van der Waals surface area contributed by atoms with Crippen molar-refractivity contribution in [3.8, 4) is 0 Å². The first-order chi connectivity index (χ1) is 9.74. The quantitative estimate of drug-likeness (QED) is 0.694. The summed E-state index contributed by atoms with van der Waals surface area (Å²) in [6, 6.07) is 0. The number of hydrogen-bond donors (Lipinski definition) is 3. The highest BCUT2D eigenvalue weighted by Crippen LogP contribution is 2.10. The number of aromatic nitrogens is 2. The number of nitrogens with two attached hydrogens (primary N) is 1. The first kappa shape index (κ1) is 16.8. The molecule has 0 aliphatic carbocycles. The summed E-state index contributed by atoms with van der Waals surface area (Å²) in [4.78, 5) is 23.4. The highest BCUT2D eigenvalue weighted by molar-refractivity contribution is 5.97. The molecule has 1 rings (SSSR count). The summed E-state index contributed by atoms with van der Waals surface area (Å²) in [6.45, 7) is 8.30. The molecule has 1 heterocycles. The molecule has 0 aliphatic rings. The third kappa shape index (κ3) is 5.33. The van der Waals surface area contributed by atoms with Gasteiger partial charge in [0.05, 0.1) is 11.9 Å². The van der Waals surface area contributed by atoms with Crippen molar-refractivity contribution in [1.29, 1.82) is 0 Å². The maximum atomic E-state index is 12.0. The molecule has 118 valence electrons. The number of rotatable bonds is 5. The molecular formula is C13H23N5O3. The van der Waals surface area contributed by atoms with Crippen LogP contribution in [0.15, 0.2) is 6.20 Å². The van der Waals surface area contributed by atoms with Crippen LogP contribution in [0, 0.1) is 0 Å². The highest BCUT2D eigenvalue weighted by Gasteiger charge is 2.17. The van der Waals surface area contributed by atoms with Crippen molar-refractivity contribution in [2.75, 3.05) is 18.8 Å².